The minimum atomic E-state index is -0.744. The molecule has 0 bridgehead atoms. The molecule has 9 heteroatoms. The van der Waals surface area contributed by atoms with Gasteiger partial charge in [0.05, 0.1) is 5.69 Å². The van der Waals surface area contributed by atoms with Crippen LogP contribution in [0.3, 0.4) is 0 Å². The highest BCUT2D eigenvalue weighted by Crippen LogP contribution is 2.28. The van der Waals surface area contributed by atoms with E-state index in [1.807, 2.05) is 24.0 Å². The van der Waals surface area contributed by atoms with E-state index in [1.54, 1.807) is 29.2 Å². The molecular formula is C25H30FN5O3. The molecule has 0 saturated carbocycles. The third-order valence-electron chi connectivity index (χ3n) is 6.32. The normalized spacial score (nSPS) is 16.6. The molecule has 0 atom stereocenters. The first-order chi connectivity index (χ1) is 16.4. The molecule has 0 spiro atoms. The molecule has 0 unspecified atom stereocenters. The van der Waals surface area contributed by atoms with E-state index in [9.17, 15) is 18.8 Å². The quantitative estimate of drug-likeness (QED) is 0.636. The maximum absolute atomic E-state index is 14.0. The number of anilines is 3. The number of nitrogens with zero attached hydrogens (tertiary/aromatic N) is 3. The van der Waals surface area contributed by atoms with E-state index in [1.165, 1.54) is 6.07 Å². The van der Waals surface area contributed by atoms with Gasteiger partial charge in [0.2, 0.25) is 5.91 Å². The molecule has 2 fully saturated rings. The minimum absolute atomic E-state index is 0.0686. The van der Waals surface area contributed by atoms with E-state index < -0.39 is 11.8 Å². The topological polar surface area (TPSA) is 85.0 Å². The molecule has 2 aliphatic rings. The van der Waals surface area contributed by atoms with Gasteiger partial charge in [-0.2, -0.15) is 0 Å². The molecule has 2 heterocycles. The van der Waals surface area contributed by atoms with Gasteiger partial charge in [0, 0.05) is 63.6 Å². The van der Waals surface area contributed by atoms with Crippen LogP contribution in [0.25, 0.3) is 0 Å². The standard InChI is InChI=1S/C25H30FN5O3/c1-18-8-9-19(17-22(18)31-11-4-7-23(31)32)28-25(34)24(33)27-10-12-29-13-15-30(16-14-29)21-6-3-2-5-20(21)26/h2-3,5-6,8-9,17H,4,7,10-16H2,1H3,(H,27,33)(H,28,34). The zero-order valence-electron chi connectivity index (χ0n) is 19.3. The van der Waals surface area contributed by atoms with Gasteiger partial charge in [0.15, 0.2) is 0 Å². The molecule has 3 amide bonds. The molecule has 2 aliphatic heterocycles. The summed E-state index contributed by atoms with van der Waals surface area (Å²) in [5, 5.41) is 5.28. The molecule has 2 N–H and O–H groups in total. The second-order valence-corrected chi connectivity index (χ2v) is 8.64. The van der Waals surface area contributed by atoms with Gasteiger partial charge < -0.3 is 20.4 Å². The minimum Gasteiger partial charge on any atom is -0.367 e. The first kappa shape index (κ1) is 23.7. The van der Waals surface area contributed by atoms with Crippen molar-refractivity contribution in [2.75, 3.05) is 60.9 Å². The SMILES string of the molecule is Cc1ccc(NC(=O)C(=O)NCCN2CCN(c3ccccc3F)CC2)cc1N1CCCC1=O. The summed E-state index contributed by atoms with van der Waals surface area (Å²) in [4.78, 5) is 42.6. The van der Waals surface area contributed by atoms with Crippen LogP contribution in [0.15, 0.2) is 42.5 Å². The average molecular weight is 468 g/mol. The first-order valence-electron chi connectivity index (χ1n) is 11.6. The Hall–Kier alpha value is -3.46. The number of piperazine rings is 1. The van der Waals surface area contributed by atoms with Crippen molar-refractivity contribution in [3.05, 3.63) is 53.8 Å². The number of carbonyl (C=O) groups excluding carboxylic acids is 3. The number of aryl methyl sites for hydroxylation is 1. The number of rotatable bonds is 6. The van der Waals surface area contributed by atoms with E-state index in [-0.39, 0.29) is 11.7 Å². The van der Waals surface area contributed by atoms with Crippen molar-refractivity contribution in [1.29, 1.82) is 0 Å². The highest BCUT2D eigenvalue weighted by Gasteiger charge is 2.24. The fraction of sp³-hybridized carbons (Fsp3) is 0.400. The van der Waals surface area contributed by atoms with E-state index in [4.69, 9.17) is 0 Å². The predicted molar refractivity (Wildman–Crippen MR) is 129 cm³/mol. The average Bonchev–Trinajstić information content (AvgIpc) is 3.26. The predicted octanol–water partition coefficient (Wildman–Crippen LogP) is 2.14. The van der Waals surface area contributed by atoms with Crippen LogP contribution < -0.4 is 20.4 Å². The molecule has 34 heavy (non-hydrogen) atoms. The molecule has 0 aromatic heterocycles. The lowest BCUT2D eigenvalue weighted by atomic mass is 10.1. The summed E-state index contributed by atoms with van der Waals surface area (Å²) in [6, 6.07) is 12.0. The summed E-state index contributed by atoms with van der Waals surface area (Å²) in [6.45, 7) is 6.41. The summed E-state index contributed by atoms with van der Waals surface area (Å²) >= 11 is 0. The number of carbonyl (C=O) groups is 3. The van der Waals surface area contributed by atoms with Crippen molar-refractivity contribution in [3.63, 3.8) is 0 Å². The van der Waals surface area contributed by atoms with Crippen molar-refractivity contribution in [2.24, 2.45) is 0 Å². The Labute approximate surface area is 198 Å². The maximum Gasteiger partial charge on any atom is 0.313 e. The maximum atomic E-state index is 14.0. The highest BCUT2D eigenvalue weighted by molar-refractivity contribution is 6.39. The summed E-state index contributed by atoms with van der Waals surface area (Å²) in [7, 11) is 0. The summed E-state index contributed by atoms with van der Waals surface area (Å²) in [5.41, 5.74) is 2.79. The monoisotopic (exact) mass is 467 g/mol. The highest BCUT2D eigenvalue weighted by atomic mass is 19.1. The number of hydrogen-bond acceptors (Lipinski definition) is 5. The van der Waals surface area contributed by atoms with Crippen molar-refractivity contribution in [3.8, 4) is 0 Å². The van der Waals surface area contributed by atoms with Gasteiger partial charge in [-0.05, 0) is 43.2 Å². The second kappa shape index (κ2) is 10.6. The second-order valence-electron chi connectivity index (χ2n) is 8.64. The molecular weight excluding hydrogens is 437 g/mol. The number of amides is 3. The Bertz CT molecular complexity index is 1070. The van der Waals surface area contributed by atoms with Gasteiger partial charge in [0.25, 0.3) is 0 Å². The Balaban J connectivity index is 1.22. The third kappa shape index (κ3) is 5.53. The Morgan fingerprint density at radius 3 is 2.44 bits per heavy atom. The molecule has 2 saturated heterocycles. The number of halogens is 1. The Morgan fingerprint density at radius 2 is 1.74 bits per heavy atom. The van der Waals surface area contributed by atoms with Gasteiger partial charge in [-0.3, -0.25) is 19.3 Å². The Kier molecular flexibility index (Phi) is 7.42. The van der Waals surface area contributed by atoms with Crippen LogP contribution in [0, 0.1) is 12.7 Å². The number of para-hydroxylation sites is 1. The van der Waals surface area contributed by atoms with Crippen LogP contribution in [0.1, 0.15) is 18.4 Å². The number of nitrogens with one attached hydrogen (secondary N) is 2. The van der Waals surface area contributed by atoms with Gasteiger partial charge in [-0.25, -0.2) is 4.39 Å². The van der Waals surface area contributed by atoms with E-state index in [2.05, 4.69) is 15.5 Å². The largest absolute Gasteiger partial charge is 0.367 e. The van der Waals surface area contributed by atoms with E-state index in [0.717, 1.165) is 30.8 Å². The lowest BCUT2D eigenvalue weighted by Crippen LogP contribution is -2.49. The van der Waals surface area contributed by atoms with Gasteiger partial charge in [0.1, 0.15) is 5.82 Å². The number of hydrogen-bond donors (Lipinski definition) is 2. The van der Waals surface area contributed by atoms with Crippen molar-refractivity contribution >= 4 is 34.8 Å². The zero-order valence-corrected chi connectivity index (χ0v) is 19.3. The Morgan fingerprint density at radius 1 is 0.971 bits per heavy atom. The molecule has 2 aromatic carbocycles. The fourth-order valence-corrected chi connectivity index (χ4v) is 4.40. The van der Waals surface area contributed by atoms with Crippen molar-refractivity contribution < 1.29 is 18.8 Å². The molecule has 180 valence electrons. The molecule has 0 aliphatic carbocycles. The summed E-state index contributed by atoms with van der Waals surface area (Å²) in [6.07, 6.45) is 1.34. The van der Waals surface area contributed by atoms with Gasteiger partial charge in [-0.1, -0.05) is 18.2 Å². The van der Waals surface area contributed by atoms with Gasteiger partial charge >= 0.3 is 11.8 Å². The van der Waals surface area contributed by atoms with Crippen LogP contribution >= 0.6 is 0 Å². The van der Waals surface area contributed by atoms with Crippen LogP contribution in [0.4, 0.5) is 21.5 Å². The molecule has 4 rings (SSSR count). The van der Waals surface area contributed by atoms with Crippen LogP contribution in [0.2, 0.25) is 0 Å². The van der Waals surface area contributed by atoms with E-state index >= 15 is 0 Å². The smallest absolute Gasteiger partial charge is 0.313 e. The first-order valence-corrected chi connectivity index (χ1v) is 11.6. The van der Waals surface area contributed by atoms with Gasteiger partial charge in [-0.15, -0.1) is 0 Å². The lowest BCUT2D eigenvalue weighted by Gasteiger charge is -2.36. The van der Waals surface area contributed by atoms with Crippen LogP contribution in [-0.2, 0) is 14.4 Å². The van der Waals surface area contributed by atoms with Crippen molar-refractivity contribution in [2.45, 2.75) is 19.8 Å². The third-order valence-corrected chi connectivity index (χ3v) is 6.32. The van der Waals surface area contributed by atoms with Crippen LogP contribution in [0.5, 0.6) is 0 Å². The molecule has 0 radical (unpaired) electrons. The fourth-order valence-electron chi connectivity index (χ4n) is 4.40. The molecule has 2 aromatic rings. The van der Waals surface area contributed by atoms with Crippen LogP contribution in [-0.4, -0.2) is 68.4 Å². The summed E-state index contributed by atoms with van der Waals surface area (Å²) in [5.74, 6) is -1.60. The lowest BCUT2D eigenvalue weighted by molar-refractivity contribution is -0.136. The van der Waals surface area contributed by atoms with Crippen molar-refractivity contribution in [1.82, 2.24) is 10.2 Å². The summed E-state index contributed by atoms with van der Waals surface area (Å²) < 4.78 is 14.0. The van der Waals surface area contributed by atoms with E-state index in [0.29, 0.717) is 50.5 Å². The number of benzene rings is 2. The molecule has 8 nitrogen and oxygen atoms in total. The zero-order chi connectivity index (χ0) is 24.1.